The number of hydrogen-bond acceptors (Lipinski definition) is 0. The summed E-state index contributed by atoms with van der Waals surface area (Å²) in [5.41, 5.74) is 0.729. The number of fused-ring (bicyclic) bond motifs is 3. The van der Waals surface area contributed by atoms with Crippen molar-refractivity contribution in [1.29, 1.82) is 0 Å². The van der Waals surface area contributed by atoms with Crippen LogP contribution in [0.2, 0.25) is 0 Å². The van der Waals surface area contributed by atoms with Gasteiger partial charge in [-0.15, -0.1) is 0 Å². The van der Waals surface area contributed by atoms with Gasteiger partial charge in [0.2, 0.25) is 0 Å². The lowest BCUT2D eigenvalue weighted by molar-refractivity contribution is 0.0633. The zero-order chi connectivity index (χ0) is 8.11. The van der Waals surface area contributed by atoms with Crippen LogP contribution >= 0.6 is 22.6 Å². The molecule has 64 valence electrons. The molecule has 3 aliphatic carbocycles. The lowest BCUT2D eigenvalue weighted by Crippen LogP contribution is -2.46. The Morgan fingerprint density at radius 1 is 1.18 bits per heavy atom. The summed E-state index contributed by atoms with van der Waals surface area (Å²) < 4.78 is 0.690. The SMILES string of the molecule is CC1CC2(C)CCC1(I)CC2. The summed E-state index contributed by atoms with van der Waals surface area (Å²) in [4.78, 5) is 0. The summed E-state index contributed by atoms with van der Waals surface area (Å²) in [7, 11) is 0. The van der Waals surface area contributed by atoms with Gasteiger partial charge < -0.3 is 0 Å². The lowest BCUT2D eigenvalue weighted by atomic mass is 9.58. The second kappa shape index (κ2) is 2.36. The van der Waals surface area contributed by atoms with E-state index >= 15 is 0 Å². The predicted octanol–water partition coefficient (Wildman–Crippen LogP) is 3.78. The second-order valence-electron chi connectivity index (χ2n) is 4.95. The minimum Gasteiger partial charge on any atom is -0.0786 e. The maximum atomic E-state index is 2.72. The normalized spacial score (nSPS) is 56.5. The number of rotatable bonds is 0. The Hall–Kier alpha value is 0.730. The Bertz CT molecular complexity index is 166. The third-order valence-electron chi connectivity index (χ3n) is 3.97. The van der Waals surface area contributed by atoms with Crippen molar-refractivity contribution in [3.8, 4) is 0 Å². The van der Waals surface area contributed by atoms with Crippen molar-refractivity contribution in [2.75, 3.05) is 0 Å². The van der Waals surface area contributed by atoms with Gasteiger partial charge in [-0.05, 0) is 43.4 Å². The summed E-state index contributed by atoms with van der Waals surface area (Å²) in [6.07, 6.45) is 7.41. The quantitative estimate of drug-likeness (QED) is 0.461. The largest absolute Gasteiger partial charge is 0.0786 e. The van der Waals surface area contributed by atoms with E-state index in [1.54, 1.807) is 0 Å². The van der Waals surface area contributed by atoms with Gasteiger partial charge in [-0.3, -0.25) is 0 Å². The van der Waals surface area contributed by atoms with Crippen LogP contribution in [0.3, 0.4) is 0 Å². The number of hydrogen-bond donors (Lipinski definition) is 0. The van der Waals surface area contributed by atoms with Crippen molar-refractivity contribution in [2.24, 2.45) is 11.3 Å². The zero-order valence-corrected chi connectivity index (χ0v) is 9.65. The molecule has 0 radical (unpaired) electrons. The molecule has 3 rings (SSSR count). The molecule has 0 aromatic carbocycles. The molecule has 3 fully saturated rings. The number of halogens is 1. The smallest absolute Gasteiger partial charge is 0.0248 e. The van der Waals surface area contributed by atoms with Gasteiger partial charge in [-0.1, -0.05) is 36.4 Å². The molecule has 3 saturated carbocycles. The van der Waals surface area contributed by atoms with E-state index in [1.165, 1.54) is 32.1 Å². The van der Waals surface area contributed by atoms with E-state index in [4.69, 9.17) is 0 Å². The molecule has 1 heteroatoms. The minimum atomic E-state index is 0.690. The van der Waals surface area contributed by atoms with Crippen LogP contribution in [0.5, 0.6) is 0 Å². The molecule has 1 unspecified atom stereocenters. The summed E-state index contributed by atoms with van der Waals surface area (Å²) in [5.74, 6) is 0.968. The van der Waals surface area contributed by atoms with Crippen molar-refractivity contribution in [3.05, 3.63) is 0 Å². The summed E-state index contributed by atoms with van der Waals surface area (Å²) in [6.45, 7) is 4.93. The van der Waals surface area contributed by atoms with Gasteiger partial charge in [0.25, 0.3) is 0 Å². The van der Waals surface area contributed by atoms with Crippen LogP contribution < -0.4 is 0 Å². The molecule has 11 heavy (non-hydrogen) atoms. The fourth-order valence-electron chi connectivity index (χ4n) is 2.89. The molecule has 1 atom stereocenters. The highest BCUT2D eigenvalue weighted by Crippen LogP contribution is 2.58. The molecule has 0 aromatic heterocycles. The van der Waals surface area contributed by atoms with E-state index in [1.807, 2.05) is 0 Å². The molecule has 0 amide bonds. The maximum Gasteiger partial charge on any atom is 0.0248 e. The van der Waals surface area contributed by atoms with Gasteiger partial charge in [-0.2, -0.15) is 0 Å². The van der Waals surface area contributed by atoms with Crippen LogP contribution in [0.1, 0.15) is 46.0 Å². The first-order chi connectivity index (χ1) is 5.04. The minimum absolute atomic E-state index is 0.690. The van der Waals surface area contributed by atoms with E-state index in [2.05, 4.69) is 36.4 Å². The molecule has 0 saturated heterocycles. The highest BCUT2D eigenvalue weighted by molar-refractivity contribution is 14.1. The Labute approximate surface area is 83.3 Å². The molecule has 3 aliphatic rings. The first-order valence-electron chi connectivity index (χ1n) is 4.73. The summed E-state index contributed by atoms with van der Waals surface area (Å²) in [5, 5.41) is 0. The topological polar surface area (TPSA) is 0 Å². The van der Waals surface area contributed by atoms with Crippen LogP contribution in [0.15, 0.2) is 0 Å². The van der Waals surface area contributed by atoms with Gasteiger partial charge in [0, 0.05) is 3.42 Å². The molecule has 0 heterocycles. The van der Waals surface area contributed by atoms with Gasteiger partial charge in [0.05, 0.1) is 0 Å². The standard InChI is InChI=1S/C10H17I/c1-8-7-9(2)3-5-10(8,11)6-4-9/h8H,3-7H2,1-2H3. The molecule has 0 N–H and O–H groups in total. The van der Waals surface area contributed by atoms with E-state index < -0.39 is 0 Å². The Morgan fingerprint density at radius 3 is 2.09 bits per heavy atom. The zero-order valence-electron chi connectivity index (χ0n) is 7.49. The average molecular weight is 264 g/mol. The van der Waals surface area contributed by atoms with Crippen molar-refractivity contribution in [3.63, 3.8) is 0 Å². The monoisotopic (exact) mass is 264 g/mol. The van der Waals surface area contributed by atoms with Crippen LogP contribution in [0, 0.1) is 11.3 Å². The van der Waals surface area contributed by atoms with Crippen molar-refractivity contribution in [1.82, 2.24) is 0 Å². The summed E-state index contributed by atoms with van der Waals surface area (Å²) >= 11 is 2.72. The highest BCUT2D eigenvalue weighted by Gasteiger charge is 2.48. The summed E-state index contributed by atoms with van der Waals surface area (Å²) in [6, 6.07) is 0. The van der Waals surface area contributed by atoms with E-state index in [0.717, 1.165) is 11.3 Å². The second-order valence-corrected chi connectivity index (χ2v) is 7.10. The molecular weight excluding hydrogens is 247 g/mol. The predicted molar refractivity (Wildman–Crippen MR) is 57.1 cm³/mol. The lowest BCUT2D eigenvalue weighted by Gasteiger charge is -2.53. The molecule has 0 spiro atoms. The molecule has 2 bridgehead atoms. The molecule has 0 aromatic rings. The third-order valence-corrected chi connectivity index (χ3v) is 6.11. The highest BCUT2D eigenvalue weighted by atomic mass is 127. The van der Waals surface area contributed by atoms with E-state index in [0.29, 0.717) is 3.42 Å². The molecular formula is C10H17I. The Kier molecular flexibility index (Phi) is 1.79. The van der Waals surface area contributed by atoms with Crippen LogP contribution in [0.4, 0.5) is 0 Å². The van der Waals surface area contributed by atoms with Gasteiger partial charge in [0.1, 0.15) is 0 Å². The molecule has 0 nitrogen and oxygen atoms in total. The van der Waals surface area contributed by atoms with Gasteiger partial charge >= 0.3 is 0 Å². The van der Waals surface area contributed by atoms with Crippen molar-refractivity contribution >= 4 is 22.6 Å². The fraction of sp³-hybridized carbons (Fsp3) is 1.00. The molecule has 0 aliphatic heterocycles. The van der Waals surface area contributed by atoms with Crippen LogP contribution in [-0.2, 0) is 0 Å². The van der Waals surface area contributed by atoms with E-state index in [9.17, 15) is 0 Å². The number of alkyl halides is 1. The maximum absolute atomic E-state index is 2.72. The third kappa shape index (κ3) is 1.24. The Balaban J connectivity index is 2.22. The Morgan fingerprint density at radius 2 is 1.73 bits per heavy atom. The van der Waals surface area contributed by atoms with Crippen molar-refractivity contribution < 1.29 is 0 Å². The average Bonchev–Trinajstić information content (AvgIpc) is 1.94. The van der Waals surface area contributed by atoms with E-state index in [-0.39, 0.29) is 0 Å². The van der Waals surface area contributed by atoms with Crippen LogP contribution in [-0.4, -0.2) is 3.42 Å². The fourth-order valence-corrected chi connectivity index (χ4v) is 3.65. The van der Waals surface area contributed by atoms with Gasteiger partial charge in [0.15, 0.2) is 0 Å². The first-order valence-corrected chi connectivity index (χ1v) is 5.81. The first kappa shape index (κ1) is 8.33. The van der Waals surface area contributed by atoms with Crippen LogP contribution in [0.25, 0.3) is 0 Å². The van der Waals surface area contributed by atoms with Gasteiger partial charge in [-0.25, -0.2) is 0 Å². The van der Waals surface area contributed by atoms with Crippen molar-refractivity contribution in [2.45, 2.75) is 49.4 Å².